The third-order valence-corrected chi connectivity index (χ3v) is 6.57. The predicted octanol–water partition coefficient (Wildman–Crippen LogP) is 4.25. The van der Waals surface area contributed by atoms with Gasteiger partial charge < -0.3 is 10.3 Å². The molecule has 0 radical (unpaired) electrons. The van der Waals surface area contributed by atoms with Crippen LogP contribution in [0.4, 0.5) is 8.78 Å². The topological polar surface area (TPSA) is 118 Å². The Kier molecular flexibility index (Phi) is 5.95. The SMILES string of the molecule is O=C1CCC(c2nc3ncnc(C(=O)NCc4cc(F)cc(-c5cnn(-c6ccc(F)cc6)c5)c4)c3[nH]2)C1. The summed E-state index contributed by atoms with van der Waals surface area (Å²) in [7, 11) is 0. The first kappa shape index (κ1) is 23.6. The fourth-order valence-corrected chi connectivity index (χ4v) is 4.65. The number of benzene rings is 2. The molecule has 1 fully saturated rings. The molecule has 0 bridgehead atoms. The number of nitrogens with one attached hydrogen (secondary N) is 2. The number of H-pyrrole nitrogens is 1. The molecule has 1 saturated carbocycles. The Morgan fingerprint density at radius 3 is 2.71 bits per heavy atom. The van der Waals surface area contributed by atoms with E-state index in [1.165, 1.54) is 30.6 Å². The van der Waals surface area contributed by atoms with Crippen molar-refractivity contribution in [1.29, 1.82) is 0 Å². The van der Waals surface area contributed by atoms with Gasteiger partial charge in [-0.25, -0.2) is 28.4 Å². The molecule has 0 saturated heterocycles. The lowest BCUT2D eigenvalue weighted by Gasteiger charge is -2.08. The number of hydrogen-bond donors (Lipinski definition) is 2. The highest BCUT2D eigenvalue weighted by atomic mass is 19.1. The van der Waals surface area contributed by atoms with Gasteiger partial charge in [0.1, 0.15) is 35.1 Å². The van der Waals surface area contributed by atoms with Gasteiger partial charge in [0.2, 0.25) is 0 Å². The average molecular weight is 514 g/mol. The summed E-state index contributed by atoms with van der Waals surface area (Å²) in [5.74, 6) is -0.488. The van der Waals surface area contributed by atoms with E-state index in [1.807, 2.05) is 0 Å². The number of halogens is 2. The van der Waals surface area contributed by atoms with E-state index in [1.54, 1.807) is 35.3 Å². The number of rotatable bonds is 6. The Balaban J connectivity index is 1.20. The second-order valence-electron chi connectivity index (χ2n) is 9.20. The second-order valence-corrected chi connectivity index (χ2v) is 9.20. The molecule has 5 aromatic rings. The smallest absolute Gasteiger partial charge is 0.272 e. The molecular weight excluding hydrogens is 492 g/mol. The fourth-order valence-electron chi connectivity index (χ4n) is 4.65. The standard InChI is InChI=1S/C27H21F2N7O2/c28-19-2-4-21(5-3-19)36-13-18(12-33-36)17-7-15(8-20(29)9-17)11-30-27(38)24-23-26(32-14-31-24)35-25(34-23)16-1-6-22(37)10-16/h2-5,7-9,12-14,16H,1,6,10-11H2,(H,30,38)(H,31,32,34,35). The van der Waals surface area contributed by atoms with E-state index in [-0.39, 0.29) is 29.8 Å². The van der Waals surface area contributed by atoms with Crippen molar-refractivity contribution in [3.63, 3.8) is 0 Å². The summed E-state index contributed by atoms with van der Waals surface area (Å²) in [5.41, 5.74) is 3.32. The van der Waals surface area contributed by atoms with Gasteiger partial charge >= 0.3 is 0 Å². The summed E-state index contributed by atoms with van der Waals surface area (Å²) >= 11 is 0. The average Bonchev–Trinajstić information content (AvgIpc) is 3.66. The molecule has 0 aliphatic heterocycles. The number of amides is 1. The van der Waals surface area contributed by atoms with Crippen molar-refractivity contribution in [2.75, 3.05) is 0 Å². The van der Waals surface area contributed by atoms with Crippen molar-refractivity contribution >= 4 is 22.9 Å². The van der Waals surface area contributed by atoms with E-state index in [0.29, 0.717) is 58.6 Å². The van der Waals surface area contributed by atoms with Gasteiger partial charge in [-0.15, -0.1) is 0 Å². The largest absolute Gasteiger partial charge is 0.347 e. The number of ketones is 1. The number of aromatic nitrogens is 6. The normalized spacial score (nSPS) is 15.3. The third-order valence-electron chi connectivity index (χ3n) is 6.57. The molecule has 1 unspecified atom stereocenters. The number of carbonyl (C=O) groups is 2. The van der Waals surface area contributed by atoms with Gasteiger partial charge in [-0.05, 0) is 60.0 Å². The van der Waals surface area contributed by atoms with E-state index < -0.39 is 11.7 Å². The van der Waals surface area contributed by atoms with Crippen molar-refractivity contribution in [2.24, 2.45) is 0 Å². The van der Waals surface area contributed by atoms with Crippen molar-refractivity contribution in [3.8, 4) is 16.8 Å². The van der Waals surface area contributed by atoms with E-state index in [9.17, 15) is 18.4 Å². The summed E-state index contributed by atoms with van der Waals surface area (Å²) in [6, 6.07) is 10.4. The number of aromatic amines is 1. The van der Waals surface area contributed by atoms with Crippen molar-refractivity contribution in [1.82, 2.24) is 35.0 Å². The van der Waals surface area contributed by atoms with Gasteiger partial charge in [-0.3, -0.25) is 9.59 Å². The molecule has 1 amide bonds. The molecule has 3 heterocycles. The molecule has 9 nitrogen and oxygen atoms in total. The van der Waals surface area contributed by atoms with Crippen LogP contribution in [-0.2, 0) is 11.3 Å². The minimum atomic E-state index is -0.468. The Morgan fingerprint density at radius 2 is 1.92 bits per heavy atom. The van der Waals surface area contributed by atoms with Crippen LogP contribution in [0.2, 0.25) is 0 Å². The van der Waals surface area contributed by atoms with Gasteiger partial charge in [0.15, 0.2) is 11.3 Å². The Labute approximate surface area is 215 Å². The lowest BCUT2D eigenvalue weighted by Crippen LogP contribution is -2.24. The van der Waals surface area contributed by atoms with Crippen LogP contribution in [0, 0.1) is 11.6 Å². The molecule has 6 rings (SSSR count). The van der Waals surface area contributed by atoms with Gasteiger partial charge in [-0.2, -0.15) is 5.10 Å². The number of nitrogens with zero attached hydrogens (tertiary/aromatic N) is 5. The Hall–Kier alpha value is -4.80. The van der Waals surface area contributed by atoms with Crippen LogP contribution in [0.15, 0.2) is 61.2 Å². The van der Waals surface area contributed by atoms with Crippen LogP contribution in [0.3, 0.4) is 0 Å². The summed E-state index contributed by atoms with van der Waals surface area (Å²) in [6.45, 7) is 0.0549. The number of Topliss-reactive ketones (excluding diaryl/α,β-unsaturated/α-hetero) is 1. The molecule has 2 N–H and O–H groups in total. The fraction of sp³-hybridized carbons (Fsp3) is 0.185. The van der Waals surface area contributed by atoms with Crippen molar-refractivity contribution < 1.29 is 18.4 Å². The molecule has 0 spiro atoms. The molecular formula is C27H21F2N7O2. The third kappa shape index (κ3) is 4.65. The van der Waals surface area contributed by atoms with Crippen molar-refractivity contribution in [3.05, 3.63) is 89.9 Å². The molecule has 3 aromatic heterocycles. The zero-order valence-electron chi connectivity index (χ0n) is 20.0. The molecule has 38 heavy (non-hydrogen) atoms. The first-order valence-electron chi connectivity index (χ1n) is 12.0. The number of carbonyl (C=O) groups excluding carboxylic acids is 2. The van der Waals surface area contributed by atoms with Crippen molar-refractivity contribution in [2.45, 2.75) is 31.7 Å². The monoisotopic (exact) mass is 513 g/mol. The summed E-state index contributed by atoms with van der Waals surface area (Å²) in [4.78, 5) is 40.5. The molecule has 1 aliphatic carbocycles. The first-order valence-corrected chi connectivity index (χ1v) is 12.0. The van der Waals surface area contributed by atoms with E-state index in [4.69, 9.17) is 0 Å². The quantitative estimate of drug-likeness (QED) is 0.351. The van der Waals surface area contributed by atoms with Crippen LogP contribution in [0.5, 0.6) is 0 Å². The second kappa shape index (κ2) is 9.58. The molecule has 1 aliphatic rings. The van der Waals surface area contributed by atoms with Crippen LogP contribution in [-0.4, -0.2) is 41.4 Å². The molecule has 190 valence electrons. The van der Waals surface area contributed by atoms with E-state index >= 15 is 0 Å². The lowest BCUT2D eigenvalue weighted by molar-refractivity contribution is -0.117. The minimum absolute atomic E-state index is 0.0225. The maximum Gasteiger partial charge on any atom is 0.272 e. The van der Waals surface area contributed by atoms with E-state index in [0.717, 1.165) is 0 Å². The van der Waals surface area contributed by atoms with Gasteiger partial charge in [0.25, 0.3) is 5.91 Å². The molecule has 2 aromatic carbocycles. The maximum atomic E-state index is 14.5. The zero-order chi connectivity index (χ0) is 26.2. The predicted molar refractivity (Wildman–Crippen MR) is 133 cm³/mol. The van der Waals surface area contributed by atoms with Gasteiger partial charge in [0, 0.05) is 37.1 Å². The first-order chi connectivity index (χ1) is 18.4. The highest BCUT2D eigenvalue weighted by Crippen LogP contribution is 2.31. The molecule has 11 heteroatoms. The Bertz CT molecular complexity index is 1680. The minimum Gasteiger partial charge on any atom is -0.347 e. The number of hydrogen-bond acceptors (Lipinski definition) is 6. The van der Waals surface area contributed by atoms with Gasteiger partial charge in [0.05, 0.1) is 11.9 Å². The summed E-state index contributed by atoms with van der Waals surface area (Å²) in [5, 5.41) is 7.07. The summed E-state index contributed by atoms with van der Waals surface area (Å²) in [6.07, 6.45) is 6.21. The van der Waals surface area contributed by atoms with E-state index in [2.05, 4.69) is 30.4 Å². The van der Waals surface area contributed by atoms with Crippen LogP contribution in [0.1, 0.15) is 47.1 Å². The Morgan fingerprint density at radius 1 is 1.08 bits per heavy atom. The maximum absolute atomic E-state index is 14.5. The van der Waals surface area contributed by atoms with Crippen LogP contribution < -0.4 is 5.32 Å². The highest BCUT2D eigenvalue weighted by Gasteiger charge is 2.27. The lowest BCUT2D eigenvalue weighted by atomic mass is 10.1. The number of fused-ring (bicyclic) bond motifs is 1. The van der Waals surface area contributed by atoms with Crippen LogP contribution >= 0.6 is 0 Å². The number of imidazole rings is 1. The zero-order valence-corrected chi connectivity index (χ0v) is 20.0. The van der Waals surface area contributed by atoms with Gasteiger partial charge in [-0.1, -0.05) is 0 Å². The highest BCUT2D eigenvalue weighted by molar-refractivity contribution is 6.02. The molecule has 1 atom stereocenters. The summed E-state index contributed by atoms with van der Waals surface area (Å²) < 4.78 is 29.3. The van der Waals surface area contributed by atoms with Crippen LogP contribution in [0.25, 0.3) is 28.0 Å².